The summed E-state index contributed by atoms with van der Waals surface area (Å²) >= 11 is 0. The molecule has 84 valence electrons. The Labute approximate surface area is 89.1 Å². The molecule has 0 bridgehead atoms. The molecule has 1 heterocycles. The molecule has 1 atom stereocenters. The molecule has 1 saturated heterocycles. The van der Waals surface area contributed by atoms with E-state index in [-0.39, 0.29) is 0 Å². The second kappa shape index (κ2) is 5.13. The maximum Gasteiger partial charge on any atom is 0.0192 e. The van der Waals surface area contributed by atoms with Gasteiger partial charge in [0.25, 0.3) is 0 Å². The Morgan fingerprint density at radius 1 is 1.36 bits per heavy atom. The van der Waals surface area contributed by atoms with Crippen LogP contribution in [-0.2, 0) is 0 Å². The van der Waals surface area contributed by atoms with Gasteiger partial charge < -0.3 is 5.32 Å². The molecule has 1 rings (SSSR count). The van der Waals surface area contributed by atoms with Gasteiger partial charge in [-0.1, -0.05) is 20.3 Å². The highest BCUT2D eigenvalue weighted by atomic mass is 15.2. The van der Waals surface area contributed by atoms with Crippen molar-refractivity contribution in [3.63, 3.8) is 0 Å². The number of hydrogen-bond acceptors (Lipinski definition) is 2. The topological polar surface area (TPSA) is 15.3 Å². The van der Waals surface area contributed by atoms with Gasteiger partial charge in [0.2, 0.25) is 0 Å². The van der Waals surface area contributed by atoms with E-state index in [1.54, 1.807) is 0 Å². The third-order valence-electron chi connectivity index (χ3n) is 3.98. The van der Waals surface area contributed by atoms with Crippen molar-refractivity contribution in [1.29, 1.82) is 0 Å². The van der Waals surface area contributed by atoms with Crippen LogP contribution in [0.3, 0.4) is 0 Å². The van der Waals surface area contributed by atoms with E-state index in [9.17, 15) is 0 Å². The summed E-state index contributed by atoms with van der Waals surface area (Å²) in [7, 11) is 2.04. The maximum atomic E-state index is 3.26. The fourth-order valence-corrected chi connectivity index (χ4v) is 2.28. The SMILES string of the molecule is CCC1(C)CCN(C(C)CNC)CC1. The highest BCUT2D eigenvalue weighted by Crippen LogP contribution is 2.34. The average Bonchev–Trinajstić information content (AvgIpc) is 2.19. The number of piperidine rings is 1. The zero-order chi connectivity index (χ0) is 10.6. The predicted molar refractivity (Wildman–Crippen MR) is 62.6 cm³/mol. The standard InChI is InChI=1S/C12H26N2/c1-5-12(3)6-8-14(9-7-12)11(2)10-13-4/h11,13H,5-10H2,1-4H3. The molecule has 1 aliphatic rings. The Kier molecular flexibility index (Phi) is 4.39. The minimum absolute atomic E-state index is 0.621. The van der Waals surface area contributed by atoms with E-state index in [0.717, 1.165) is 6.54 Å². The fraction of sp³-hybridized carbons (Fsp3) is 1.00. The molecule has 1 N–H and O–H groups in total. The minimum Gasteiger partial charge on any atom is -0.318 e. The van der Waals surface area contributed by atoms with Crippen molar-refractivity contribution in [3.05, 3.63) is 0 Å². The Morgan fingerprint density at radius 2 is 1.93 bits per heavy atom. The molecule has 0 amide bonds. The van der Waals surface area contributed by atoms with E-state index in [0.29, 0.717) is 11.5 Å². The Morgan fingerprint density at radius 3 is 2.36 bits per heavy atom. The molecule has 0 radical (unpaired) electrons. The highest BCUT2D eigenvalue weighted by Gasteiger charge is 2.29. The third kappa shape index (κ3) is 2.96. The first kappa shape index (κ1) is 12.0. The zero-order valence-corrected chi connectivity index (χ0v) is 10.3. The van der Waals surface area contributed by atoms with Crippen molar-refractivity contribution in [1.82, 2.24) is 10.2 Å². The van der Waals surface area contributed by atoms with Crippen molar-refractivity contribution in [2.24, 2.45) is 5.41 Å². The molecule has 0 saturated carbocycles. The van der Waals surface area contributed by atoms with Gasteiger partial charge >= 0.3 is 0 Å². The van der Waals surface area contributed by atoms with Crippen molar-refractivity contribution >= 4 is 0 Å². The summed E-state index contributed by atoms with van der Waals surface area (Å²) in [6.45, 7) is 10.8. The fourth-order valence-electron chi connectivity index (χ4n) is 2.28. The van der Waals surface area contributed by atoms with E-state index in [1.807, 2.05) is 7.05 Å². The molecule has 0 aliphatic carbocycles. The largest absolute Gasteiger partial charge is 0.318 e. The molecule has 2 nitrogen and oxygen atoms in total. The van der Waals surface area contributed by atoms with Gasteiger partial charge in [0.15, 0.2) is 0 Å². The summed E-state index contributed by atoms with van der Waals surface area (Å²) in [6, 6.07) is 0.696. The molecule has 1 unspecified atom stereocenters. The Bertz CT molecular complexity index is 160. The second-order valence-electron chi connectivity index (χ2n) is 5.11. The highest BCUT2D eigenvalue weighted by molar-refractivity contribution is 4.83. The first-order chi connectivity index (χ1) is 6.61. The van der Waals surface area contributed by atoms with Gasteiger partial charge in [-0.15, -0.1) is 0 Å². The van der Waals surface area contributed by atoms with Crippen LogP contribution < -0.4 is 5.32 Å². The minimum atomic E-state index is 0.621. The smallest absolute Gasteiger partial charge is 0.0192 e. The monoisotopic (exact) mass is 198 g/mol. The van der Waals surface area contributed by atoms with Crippen LogP contribution in [-0.4, -0.2) is 37.6 Å². The van der Waals surface area contributed by atoms with Crippen molar-refractivity contribution in [2.45, 2.75) is 46.1 Å². The van der Waals surface area contributed by atoms with Crippen LogP contribution in [0.2, 0.25) is 0 Å². The van der Waals surface area contributed by atoms with Crippen LogP contribution in [0.15, 0.2) is 0 Å². The van der Waals surface area contributed by atoms with Gasteiger partial charge in [-0.05, 0) is 45.3 Å². The van der Waals surface area contributed by atoms with Crippen LogP contribution in [0.1, 0.15) is 40.0 Å². The lowest BCUT2D eigenvalue weighted by Gasteiger charge is -2.41. The molecule has 0 aromatic heterocycles. The van der Waals surface area contributed by atoms with Gasteiger partial charge in [0.1, 0.15) is 0 Å². The summed E-state index contributed by atoms with van der Waals surface area (Å²) in [5, 5.41) is 3.26. The average molecular weight is 198 g/mol. The molecule has 0 spiro atoms. The summed E-state index contributed by atoms with van der Waals surface area (Å²) in [4.78, 5) is 2.62. The Balaban J connectivity index is 2.35. The molecular weight excluding hydrogens is 172 g/mol. The van der Waals surface area contributed by atoms with Gasteiger partial charge in [0.05, 0.1) is 0 Å². The normalized spacial score (nSPS) is 24.9. The van der Waals surface area contributed by atoms with E-state index >= 15 is 0 Å². The van der Waals surface area contributed by atoms with Crippen LogP contribution in [0, 0.1) is 5.41 Å². The van der Waals surface area contributed by atoms with E-state index < -0.39 is 0 Å². The number of likely N-dealkylation sites (tertiary alicyclic amines) is 1. The maximum absolute atomic E-state index is 3.26. The van der Waals surface area contributed by atoms with Crippen molar-refractivity contribution in [2.75, 3.05) is 26.7 Å². The van der Waals surface area contributed by atoms with Crippen LogP contribution in [0.25, 0.3) is 0 Å². The molecule has 1 aliphatic heterocycles. The predicted octanol–water partition coefficient (Wildman–Crippen LogP) is 2.11. The summed E-state index contributed by atoms with van der Waals surface area (Å²) < 4.78 is 0. The summed E-state index contributed by atoms with van der Waals surface area (Å²) in [5.74, 6) is 0. The second-order valence-corrected chi connectivity index (χ2v) is 5.11. The number of rotatable bonds is 4. The molecule has 0 aromatic rings. The van der Waals surface area contributed by atoms with Crippen LogP contribution in [0.4, 0.5) is 0 Å². The van der Waals surface area contributed by atoms with E-state index in [4.69, 9.17) is 0 Å². The quantitative estimate of drug-likeness (QED) is 0.744. The molecular formula is C12H26N2. The third-order valence-corrected chi connectivity index (χ3v) is 3.98. The first-order valence-electron chi connectivity index (χ1n) is 6.00. The zero-order valence-electron chi connectivity index (χ0n) is 10.3. The van der Waals surface area contributed by atoms with Gasteiger partial charge in [-0.2, -0.15) is 0 Å². The van der Waals surface area contributed by atoms with E-state index in [2.05, 4.69) is 31.0 Å². The van der Waals surface area contributed by atoms with Gasteiger partial charge in [-0.3, -0.25) is 4.90 Å². The number of likely N-dealkylation sites (N-methyl/N-ethyl adjacent to an activating group) is 1. The summed E-state index contributed by atoms with van der Waals surface area (Å²) in [6.07, 6.45) is 4.08. The van der Waals surface area contributed by atoms with Gasteiger partial charge in [0, 0.05) is 12.6 Å². The molecule has 1 fully saturated rings. The van der Waals surface area contributed by atoms with Gasteiger partial charge in [-0.25, -0.2) is 0 Å². The lowest BCUT2D eigenvalue weighted by atomic mass is 9.78. The van der Waals surface area contributed by atoms with Crippen LogP contribution >= 0.6 is 0 Å². The molecule has 0 aromatic carbocycles. The molecule has 2 heteroatoms. The van der Waals surface area contributed by atoms with Crippen molar-refractivity contribution in [3.8, 4) is 0 Å². The number of nitrogens with one attached hydrogen (secondary N) is 1. The molecule has 14 heavy (non-hydrogen) atoms. The Hall–Kier alpha value is -0.0800. The van der Waals surface area contributed by atoms with Crippen LogP contribution in [0.5, 0.6) is 0 Å². The number of hydrogen-bond donors (Lipinski definition) is 1. The van der Waals surface area contributed by atoms with E-state index in [1.165, 1.54) is 32.4 Å². The lowest BCUT2D eigenvalue weighted by molar-refractivity contribution is 0.0868. The van der Waals surface area contributed by atoms with Crippen molar-refractivity contribution < 1.29 is 0 Å². The lowest BCUT2D eigenvalue weighted by Crippen LogP contribution is -2.46. The first-order valence-corrected chi connectivity index (χ1v) is 6.00. The summed E-state index contributed by atoms with van der Waals surface area (Å²) in [5.41, 5.74) is 0.621. The number of nitrogens with zero attached hydrogens (tertiary/aromatic N) is 1.